The average molecular weight is 298 g/mol. The minimum absolute atomic E-state index is 0.196. The van der Waals surface area contributed by atoms with Gasteiger partial charge in [0, 0.05) is 32.6 Å². The van der Waals surface area contributed by atoms with Crippen LogP contribution < -0.4 is 21.3 Å². The number of nitrogens with one attached hydrogen (secondary N) is 2. The molecule has 1 saturated heterocycles. The fourth-order valence-electron chi connectivity index (χ4n) is 1.93. The highest BCUT2D eigenvalue weighted by Crippen LogP contribution is 2.21. The Morgan fingerprint density at radius 3 is 2.67 bits per heavy atom. The van der Waals surface area contributed by atoms with Crippen LogP contribution in [-0.2, 0) is 4.74 Å². The molecule has 0 unspecified atom stereocenters. The van der Waals surface area contributed by atoms with Crippen LogP contribution in [0.4, 0.5) is 11.9 Å². The zero-order valence-electron chi connectivity index (χ0n) is 12.1. The van der Waals surface area contributed by atoms with E-state index in [4.69, 9.17) is 15.3 Å². The molecule has 0 aliphatic carbocycles. The zero-order valence-corrected chi connectivity index (χ0v) is 12.1. The van der Waals surface area contributed by atoms with Crippen LogP contribution in [0.15, 0.2) is 0 Å². The number of anilines is 2. The van der Waals surface area contributed by atoms with Crippen LogP contribution in [0.2, 0.25) is 0 Å². The lowest BCUT2D eigenvalue weighted by Gasteiger charge is -2.32. The molecular weight excluding hydrogens is 276 g/mol. The first kappa shape index (κ1) is 15.7. The highest BCUT2D eigenvalue weighted by atomic mass is 16.5. The van der Waals surface area contributed by atoms with Gasteiger partial charge in [0.05, 0.1) is 12.2 Å². The van der Waals surface area contributed by atoms with Crippen molar-refractivity contribution in [3.63, 3.8) is 0 Å². The lowest BCUT2D eigenvalue weighted by atomic mass is 9.94. The van der Waals surface area contributed by atoms with Crippen molar-refractivity contribution in [2.75, 3.05) is 37.1 Å². The molecule has 1 aromatic rings. The van der Waals surface area contributed by atoms with Crippen LogP contribution in [0.25, 0.3) is 0 Å². The van der Waals surface area contributed by atoms with Gasteiger partial charge in [0.25, 0.3) is 0 Å². The standard InChI is InChI=1S/C12H22N6O3/c1-2-5-21-11-16-9(15-10(17-11)18-13)14-8-12(19)3-6-20-7-4-12/h19H,2-8,13H2,1H3,(H2,14,15,16,17,18). The number of hydrazine groups is 1. The van der Waals surface area contributed by atoms with Crippen molar-refractivity contribution >= 4 is 11.9 Å². The van der Waals surface area contributed by atoms with Crippen molar-refractivity contribution in [2.45, 2.75) is 31.8 Å². The number of aliphatic hydroxyl groups is 1. The molecule has 1 aromatic heterocycles. The van der Waals surface area contributed by atoms with Crippen LogP contribution in [-0.4, -0.2) is 52.0 Å². The fraction of sp³-hybridized carbons (Fsp3) is 0.750. The molecule has 2 rings (SSSR count). The number of aromatic nitrogens is 3. The van der Waals surface area contributed by atoms with Gasteiger partial charge in [0.15, 0.2) is 0 Å². The summed E-state index contributed by atoms with van der Waals surface area (Å²) in [6, 6.07) is 0.196. The van der Waals surface area contributed by atoms with Crippen LogP contribution in [0.5, 0.6) is 6.01 Å². The minimum atomic E-state index is -0.814. The summed E-state index contributed by atoms with van der Waals surface area (Å²) in [6.45, 7) is 3.93. The fourth-order valence-corrected chi connectivity index (χ4v) is 1.93. The third-order valence-electron chi connectivity index (χ3n) is 3.18. The molecule has 0 atom stereocenters. The lowest BCUT2D eigenvalue weighted by Crippen LogP contribution is -2.42. The maximum atomic E-state index is 10.4. The molecule has 0 amide bonds. The number of ether oxygens (including phenoxy) is 2. The summed E-state index contributed by atoms with van der Waals surface area (Å²) in [5.74, 6) is 5.84. The molecule has 1 fully saturated rings. The van der Waals surface area contributed by atoms with Gasteiger partial charge >= 0.3 is 6.01 Å². The summed E-state index contributed by atoms with van der Waals surface area (Å²) < 4.78 is 10.6. The molecule has 0 spiro atoms. The van der Waals surface area contributed by atoms with E-state index >= 15 is 0 Å². The average Bonchev–Trinajstić information content (AvgIpc) is 2.51. The molecule has 9 heteroatoms. The van der Waals surface area contributed by atoms with Gasteiger partial charge in [-0.05, 0) is 6.42 Å². The smallest absolute Gasteiger partial charge is 0.323 e. The number of hydrogen-bond donors (Lipinski definition) is 4. The number of nitrogens with two attached hydrogens (primary N) is 1. The maximum Gasteiger partial charge on any atom is 0.323 e. The molecule has 0 aromatic carbocycles. The van der Waals surface area contributed by atoms with E-state index < -0.39 is 5.60 Å². The van der Waals surface area contributed by atoms with Crippen molar-refractivity contribution in [3.8, 4) is 6.01 Å². The molecule has 0 radical (unpaired) electrons. The molecule has 5 N–H and O–H groups in total. The summed E-state index contributed by atoms with van der Waals surface area (Å²) in [4.78, 5) is 12.2. The van der Waals surface area contributed by atoms with Crippen molar-refractivity contribution in [1.82, 2.24) is 15.0 Å². The molecule has 9 nitrogen and oxygen atoms in total. The van der Waals surface area contributed by atoms with E-state index in [0.29, 0.717) is 45.2 Å². The quantitative estimate of drug-likeness (QED) is 0.403. The summed E-state index contributed by atoms with van der Waals surface area (Å²) >= 11 is 0. The Labute approximate surface area is 123 Å². The van der Waals surface area contributed by atoms with E-state index in [1.54, 1.807) is 0 Å². The van der Waals surface area contributed by atoms with Gasteiger partial charge in [-0.15, -0.1) is 0 Å². The summed E-state index contributed by atoms with van der Waals surface area (Å²) in [6.07, 6.45) is 2.00. The van der Waals surface area contributed by atoms with E-state index in [-0.39, 0.29) is 12.0 Å². The Balaban J connectivity index is 2.00. The number of hydrogen-bond acceptors (Lipinski definition) is 9. The minimum Gasteiger partial charge on any atom is -0.463 e. The predicted octanol–water partition coefficient (Wildman–Crippen LogP) is -0.101. The van der Waals surface area contributed by atoms with Crippen LogP contribution >= 0.6 is 0 Å². The van der Waals surface area contributed by atoms with E-state index in [1.807, 2.05) is 6.92 Å². The normalized spacial score (nSPS) is 17.3. The second-order valence-corrected chi connectivity index (χ2v) is 4.95. The largest absolute Gasteiger partial charge is 0.463 e. The van der Waals surface area contributed by atoms with Gasteiger partial charge in [0.1, 0.15) is 0 Å². The SMILES string of the molecule is CCCOc1nc(NN)nc(NCC2(O)CCOCC2)n1. The highest BCUT2D eigenvalue weighted by molar-refractivity contribution is 5.35. The van der Waals surface area contributed by atoms with Crippen molar-refractivity contribution in [1.29, 1.82) is 0 Å². The Bertz CT molecular complexity index is 453. The number of nitrogens with zero attached hydrogens (tertiary/aromatic N) is 3. The van der Waals surface area contributed by atoms with Crippen LogP contribution in [0, 0.1) is 0 Å². The van der Waals surface area contributed by atoms with Gasteiger partial charge in [-0.2, -0.15) is 15.0 Å². The van der Waals surface area contributed by atoms with E-state index in [0.717, 1.165) is 6.42 Å². The molecule has 118 valence electrons. The zero-order chi connectivity index (χ0) is 15.1. The highest BCUT2D eigenvalue weighted by Gasteiger charge is 2.29. The Kier molecular flexibility index (Phi) is 5.48. The third kappa shape index (κ3) is 4.66. The second-order valence-electron chi connectivity index (χ2n) is 4.95. The van der Waals surface area contributed by atoms with Gasteiger partial charge < -0.3 is 19.9 Å². The van der Waals surface area contributed by atoms with Gasteiger partial charge in [-0.1, -0.05) is 6.92 Å². The molecule has 0 saturated carbocycles. The van der Waals surface area contributed by atoms with E-state index in [9.17, 15) is 5.11 Å². The van der Waals surface area contributed by atoms with Crippen molar-refractivity contribution in [3.05, 3.63) is 0 Å². The molecule has 1 aliphatic heterocycles. The summed E-state index contributed by atoms with van der Waals surface area (Å²) in [5, 5.41) is 13.4. The first-order valence-corrected chi connectivity index (χ1v) is 7.05. The van der Waals surface area contributed by atoms with Crippen molar-refractivity contribution in [2.24, 2.45) is 5.84 Å². The first-order chi connectivity index (χ1) is 10.1. The molecule has 2 heterocycles. The van der Waals surface area contributed by atoms with Gasteiger partial charge in [0.2, 0.25) is 11.9 Å². The van der Waals surface area contributed by atoms with E-state index in [2.05, 4.69) is 25.7 Å². The topological polar surface area (TPSA) is 127 Å². The molecule has 0 bridgehead atoms. The summed E-state index contributed by atoms with van der Waals surface area (Å²) in [5.41, 5.74) is 1.55. The lowest BCUT2D eigenvalue weighted by molar-refractivity contribution is -0.0544. The molecule has 21 heavy (non-hydrogen) atoms. The first-order valence-electron chi connectivity index (χ1n) is 7.05. The Morgan fingerprint density at radius 1 is 1.29 bits per heavy atom. The van der Waals surface area contributed by atoms with Crippen LogP contribution in [0.1, 0.15) is 26.2 Å². The molecular formula is C12H22N6O3. The Morgan fingerprint density at radius 2 is 2.00 bits per heavy atom. The Hall–Kier alpha value is -1.71. The number of rotatable bonds is 7. The number of nitrogen functional groups attached to an aromatic ring is 1. The second kappa shape index (κ2) is 7.34. The van der Waals surface area contributed by atoms with Gasteiger partial charge in [-0.25, -0.2) is 5.84 Å². The molecule has 1 aliphatic rings. The monoisotopic (exact) mass is 298 g/mol. The van der Waals surface area contributed by atoms with Gasteiger partial charge in [-0.3, -0.25) is 5.43 Å². The predicted molar refractivity (Wildman–Crippen MR) is 76.9 cm³/mol. The third-order valence-corrected chi connectivity index (χ3v) is 3.18. The van der Waals surface area contributed by atoms with Crippen molar-refractivity contribution < 1.29 is 14.6 Å². The summed E-state index contributed by atoms with van der Waals surface area (Å²) in [7, 11) is 0. The van der Waals surface area contributed by atoms with Crippen LogP contribution in [0.3, 0.4) is 0 Å². The maximum absolute atomic E-state index is 10.4. The van der Waals surface area contributed by atoms with E-state index in [1.165, 1.54) is 0 Å².